The van der Waals surface area contributed by atoms with Crippen LogP contribution in [0.5, 0.6) is 0 Å². The summed E-state index contributed by atoms with van der Waals surface area (Å²) in [6.07, 6.45) is 11.5. The molecule has 1 spiro atoms. The van der Waals surface area contributed by atoms with Crippen LogP contribution in [-0.2, 0) is 0 Å². The number of likely N-dealkylation sites (tertiary alicyclic amines) is 2. The topological polar surface area (TPSA) is 9.72 Å². The molecule has 0 N–H and O–H groups in total. The van der Waals surface area contributed by atoms with E-state index in [1.54, 1.807) is 0 Å². The molecule has 0 aromatic rings. The van der Waals surface area contributed by atoms with E-state index in [0.717, 1.165) is 17.5 Å². The van der Waals surface area contributed by atoms with Crippen LogP contribution in [0.1, 0.15) is 51.4 Å². The minimum absolute atomic E-state index is 0.719. The van der Waals surface area contributed by atoms with E-state index in [2.05, 4.69) is 35.8 Å². The number of nitrogens with zero attached hydrogens (tertiary/aromatic N) is 3. The van der Waals surface area contributed by atoms with Crippen molar-refractivity contribution < 1.29 is 0 Å². The molecule has 0 unspecified atom stereocenters. The van der Waals surface area contributed by atoms with Crippen molar-refractivity contribution in [2.45, 2.75) is 63.5 Å². The van der Waals surface area contributed by atoms with Gasteiger partial charge in [-0.2, -0.15) is 0 Å². The van der Waals surface area contributed by atoms with Gasteiger partial charge in [-0.3, -0.25) is 0 Å². The van der Waals surface area contributed by atoms with Crippen LogP contribution in [0.2, 0.25) is 0 Å². The summed E-state index contributed by atoms with van der Waals surface area (Å²) >= 11 is 0. The minimum atomic E-state index is 0.719. The van der Waals surface area contributed by atoms with E-state index < -0.39 is 0 Å². The summed E-state index contributed by atoms with van der Waals surface area (Å²) in [5.41, 5.74) is 0.719. The van der Waals surface area contributed by atoms with E-state index in [0.29, 0.717) is 0 Å². The highest BCUT2D eigenvalue weighted by Gasteiger charge is 2.39. The predicted octanol–water partition coefficient (Wildman–Crippen LogP) is 2.67. The van der Waals surface area contributed by atoms with Gasteiger partial charge in [-0.1, -0.05) is 0 Å². The van der Waals surface area contributed by atoms with E-state index >= 15 is 0 Å². The van der Waals surface area contributed by atoms with Gasteiger partial charge in [-0.25, -0.2) is 0 Å². The maximum atomic E-state index is 2.76. The Kier molecular flexibility index (Phi) is 4.92. The van der Waals surface area contributed by atoms with Gasteiger partial charge in [0.2, 0.25) is 0 Å². The van der Waals surface area contributed by atoms with Gasteiger partial charge in [0.15, 0.2) is 0 Å². The molecule has 0 bridgehead atoms. The second-order valence-electron chi connectivity index (χ2n) is 8.23. The zero-order chi connectivity index (χ0) is 14.9. The van der Waals surface area contributed by atoms with Crippen molar-refractivity contribution in [2.75, 3.05) is 47.3 Å². The fourth-order valence-corrected chi connectivity index (χ4v) is 4.92. The molecule has 3 aliphatic rings. The molecule has 0 amide bonds. The Morgan fingerprint density at radius 3 is 1.76 bits per heavy atom. The molecule has 3 heteroatoms. The molecule has 2 aliphatic heterocycles. The largest absolute Gasteiger partial charge is 0.306 e. The monoisotopic (exact) mass is 293 g/mol. The van der Waals surface area contributed by atoms with Gasteiger partial charge in [0.05, 0.1) is 0 Å². The van der Waals surface area contributed by atoms with Crippen molar-refractivity contribution in [1.29, 1.82) is 0 Å². The lowest BCUT2D eigenvalue weighted by molar-refractivity contribution is 0.0244. The lowest BCUT2D eigenvalue weighted by Crippen LogP contribution is -2.49. The Morgan fingerprint density at radius 1 is 0.714 bits per heavy atom. The summed E-state index contributed by atoms with van der Waals surface area (Å²) < 4.78 is 0. The van der Waals surface area contributed by atoms with E-state index in [-0.39, 0.29) is 0 Å². The molecule has 3 fully saturated rings. The molecule has 0 aromatic carbocycles. The third-order valence-corrected chi connectivity index (χ3v) is 6.90. The Bertz CT molecular complexity index is 317. The van der Waals surface area contributed by atoms with Crippen molar-refractivity contribution >= 4 is 0 Å². The van der Waals surface area contributed by atoms with E-state index in [4.69, 9.17) is 0 Å². The zero-order valence-corrected chi connectivity index (χ0v) is 14.5. The summed E-state index contributed by atoms with van der Waals surface area (Å²) in [5.74, 6) is 0. The van der Waals surface area contributed by atoms with Crippen LogP contribution in [-0.4, -0.2) is 74.1 Å². The molecule has 21 heavy (non-hydrogen) atoms. The highest BCUT2D eigenvalue weighted by atomic mass is 15.2. The summed E-state index contributed by atoms with van der Waals surface area (Å²) in [6, 6.07) is 1.71. The molecule has 122 valence electrons. The van der Waals surface area contributed by atoms with Crippen molar-refractivity contribution in [1.82, 2.24) is 14.7 Å². The Morgan fingerprint density at radius 2 is 1.19 bits per heavy atom. The average molecular weight is 293 g/mol. The van der Waals surface area contributed by atoms with Crippen molar-refractivity contribution in [3.05, 3.63) is 0 Å². The molecule has 0 atom stereocenters. The van der Waals surface area contributed by atoms with E-state index in [1.165, 1.54) is 77.5 Å². The summed E-state index contributed by atoms with van der Waals surface area (Å²) in [5, 5.41) is 0. The molecular weight excluding hydrogens is 258 g/mol. The lowest BCUT2D eigenvalue weighted by atomic mass is 9.66. The quantitative estimate of drug-likeness (QED) is 0.775. The van der Waals surface area contributed by atoms with Gasteiger partial charge in [-0.15, -0.1) is 0 Å². The first-order valence-electron chi connectivity index (χ1n) is 9.17. The summed E-state index contributed by atoms with van der Waals surface area (Å²) in [4.78, 5) is 7.76. The third-order valence-electron chi connectivity index (χ3n) is 6.90. The summed E-state index contributed by atoms with van der Waals surface area (Å²) in [7, 11) is 6.96. The molecule has 0 aromatic heterocycles. The number of piperidine rings is 2. The van der Waals surface area contributed by atoms with Crippen LogP contribution >= 0.6 is 0 Å². The standard InChI is InChI=1S/C18H35N3/c1-19-12-6-17(7-13-19)21(3)16-4-8-18(9-5-16)10-14-20(2)15-11-18/h16-17H,4-15H2,1-3H3. The van der Waals surface area contributed by atoms with Crippen molar-refractivity contribution in [2.24, 2.45) is 5.41 Å². The van der Waals surface area contributed by atoms with Gasteiger partial charge in [0.1, 0.15) is 0 Å². The summed E-state index contributed by atoms with van der Waals surface area (Å²) in [6.45, 7) is 5.24. The number of hydrogen-bond donors (Lipinski definition) is 0. The van der Waals surface area contributed by atoms with Crippen LogP contribution in [0.3, 0.4) is 0 Å². The van der Waals surface area contributed by atoms with Gasteiger partial charge in [-0.05, 0) is 104 Å². The zero-order valence-electron chi connectivity index (χ0n) is 14.5. The van der Waals surface area contributed by atoms with Gasteiger partial charge in [0, 0.05) is 12.1 Å². The highest BCUT2D eigenvalue weighted by molar-refractivity contribution is 4.93. The third kappa shape index (κ3) is 3.62. The van der Waals surface area contributed by atoms with Crippen molar-refractivity contribution in [3.63, 3.8) is 0 Å². The van der Waals surface area contributed by atoms with E-state index in [9.17, 15) is 0 Å². The minimum Gasteiger partial charge on any atom is -0.306 e. The smallest absolute Gasteiger partial charge is 0.0119 e. The maximum Gasteiger partial charge on any atom is 0.0119 e. The van der Waals surface area contributed by atoms with Crippen LogP contribution in [0.4, 0.5) is 0 Å². The molecule has 2 heterocycles. The second-order valence-corrected chi connectivity index (χ2v) is 8.23. The van der Waals surface area contributed by atoms with Gasteiger partial charge < -0.3 is 14.7 Å². The molecule has 1 saturated carbocycles. The molecule has 0 radical (unpaired) electrons. The Hall–Kier alpha value is -0.120. The molecule has 1 aliphatic carbocycles. The first-order valence-corrected chi connectivity index (χ1v) is 9.17. The van der Waals surface area contributed by atoms with Gasteiger partial charge >= 0.3 is 0 Å². The second kappa shape index (κ2) is 6.55. The molecular formula is C18H35N3. The van der Waals surface area contributed by atoms with Crippen LogP contribution in [0.15, 0.2) is 0 Å². The fraction of sp³-hybridized carbons (Fsp3) is 1.00. The predicted molar refractivity (Wildman–Crippen MR) is 89.7 cm³/mol. The number of hydrogen-bond acceptors (Lipinski definition) is 3. The Balaban J connectivity index is 1.49. The average Bonchev–Trinajstić information content (AvgIpc) is 2.51. The number of rotatable bonds is 2. The highest BCUT2D eigenvalue weighted by Crippen LogP contribution is 2.45. The molecule has 2 saturated heterocycles. The van der Waals surface area contributed by atoms with Crippen LogP contribution < -0.4 is 0 Å². The van der Waals surface area contributed by atoms with Crippen molar-refractivity contribution in [3.8, 4) is 0 Å². The normalized spacial score (nSPS) is 30.3. The maximum absolute atomic E-state index is 2.76. The lowest BCUT2D eigenvalue weighted by Gasteiger charge is -2.48. The first kappa shape index (κ1) is 15.8. The SMILES string of the molecule is CN1CCC(N(C)C2CCC3(CC2)CCN(C)CC3)CC1. The molecule has 3 rings (SSSR count). The van der Waals surface area contributed by atoms with Crippen LogP contribution in [0.25, 0.3) is 0 Å². The molecule has 3 nitrogen and oxygen atoms in total. The van der Waals surface area contributed by atoms with E-state index in [1.807, 2.05) is 0 Å². The Labute approximate surface area is 131 Å². The first-order chi connectivity index (χ1) is 10.1. The van der Waals surface area contributed by atoms with Gasteiger partial charge in [0.25, 0.3) is 0 Å². The van der Waals surface area contributed by atoms with Crippen LogP contribution in [0, 0.1) is 5.41 Å². The fourth-order valence-electron chi connectivity index (χ4n) is 4.92.